The molecule has 1 unspecified atom stereocenters. The number of hydrogen-bond donors (Lipinski definition) is 3. The van der Waals surface area contributed by atoms with Gasteiger partial charge in [0.15, 0.2) is 0 Å². The van der Waals surface area contributed by atoms with E-state index in [0.29, 0.717) is 19.3 Å². The summed E-state index contributed by atoms with van der Waals surface area (Å²) in [6.07, 6.45) is 2.86. The minimum Gasteiger partial charge on any atom is -0.481 e. The molecule has 1 saturated carbocycles. The summed E-state index contributed by atoms with van der Waals surface area (Å²) in [5.41, 5.74) is 4.64. The van der Waals surface area contributed by atoms with Crippen LogP contribution in [-0.2, 0) is 14.3 Å². The lowest BCUT2D eigenvalue weighted by Gasteiger charge is -2.28. The Balaban J connectivity index is 1.28. The van der Waals surface area contributed by atoms with Crippen LogP contribution in [-0.4, -0.2) is 41.8 Å². The molecule has 0 radical (unpaired) electrons. The van der Waals surface area contributed by atoms with E-state index in [-0.39, 0.29) is 36.9 Å². The molecule has 2 aromatic rings. The number of carbonyl (C=O) groups is 3. The molecule has 2 aliphatic rings. The average Bonchev–Trinajstić information content (AvgIpc) is 3.16. The summed E-state index contributed by atoms with van der Waals surface area (Å²) in [4.78, 5) is 36.3. The van der Waals surface area contributed by atoms with Gasteiger partial charge in [0, 0.05) is 24.4 Å². The molecule has 7 nitrogen and oxygen atoms in total. The molecule has 3 N–H and O–H groups in total. The second-order valence-electron chi connectivity index (χ2n) is 9.25. The number of carboxylic acid groups (broad SMARTS) is 1. The van der Waals surface area contributed by atoms with Crippen molar-refractivity contribution in [1.82, 2.24) is 10.6 Å². The van der Waals surface area contributed by atoms with E-state index in [1.807, 2.05) is 31.2 Å². The number of aliphatic carboxylic acids is 1. The molecule has 0 heterocycles. The topological polar surface area (TPSA) is 105 Å². The monoisotopic (exact) mass is 464 g/mol. The van der Waals surface area contributed by atoms with Crippen molar-refractivity contribution in [3.8, 4) is 11.1 Å². The van der Waals surface area contributed by atoms with Gasteiger partial charge in [-0.05, 0) is 47.9 Å². The van der Waals surface area contributed by atoms with Crippen molar-refractivity contribution in [2.24, 2.45) is 5.92 Å². The van der Waals surface area contributed by atoms with E-state index in [1.54, 1.807) is 0 Å². The molecule has 0 aliphatic heterocycles. The average molecular weight is 465 g/mol. The van der Waals surface area contributed by atoms with Gasteiger partial charge in [-0.1, -0.05) is 61.9 Å². The third-order valence-electron chi connectivity index (χ3n) is 6.98. The molecular weight excluding hydrogens is 432 g/mol. The summed E-state index contributed by atoms with van der Waals surface area (Å²) in [6, 6.07) is 15.8. The highest BCUT2D eigenvalue weighted by Gasteiger charge is 2.30. The lowest BCUT2D eigenvalue weighted by atomic mass is 9.85. The van der Waals surface area contributed by atoms with Crippen molar-refractivity contribution >= 4 is 18.0 Å². The highest BCUT2D eigenvalue weighted by atomic mass is 16.5. The van der Waals surface area contributed by atoms with Gasteiger partial charge in [0.25, 0.3) is 0 Å². The Morgan fingerprint density at radius 1 is 1.03 bits per heavy atom. The van der Waals surface area contributed by atoms with E-state index in [9.17, 15) is 19.5 Å². The first-order valence-corrected chi connectivity index (χ1v) is 12.1. The van der Waals surface area contributed by atoms with Crippen molar-refractivity contribution in [3.63, 3.8) is 0 Å². The summed E-state index contributed by atoms with van der Waals surface area (Å²) in [6.45, 7) is 2.13. The standard InChI is InChI=1S/C27H32N2O5/c1-2-18(15-25(30)28-19-9-7-8-17(14-19)26(31)32)29-27(33)34-16-24-22-12-5-3-10-20(22)21-11-4-6-13-23(21)24/h3-6,10-13,17-19,24H,2,7-9,14-16H2,1H3,(H,28,30)(H,29,33)(H,31,32)/t17-,18?,19+/m1/s1. The number of carbonyl (C=O) groups excluding carboxylic acids is 2. The number of ether oxygens (including phenoxy) is 1. The molecule has 34 heavy (non-hydrogen) atoms. The Kier molecular flexibility index (Phi) is 7.50. The Morgan fingerprint density at radius 2 is 1.68 bits per heavy atom. The zero-order valence-electron chi connectivity index (χ0n) is 19.5. The first-order chi connectivity index (χ1) is 16.5. The number of rotatable bonds is 8. The molecule has 0 bridgehead atoms. The van der Waals surface area contributed by atoms with Crippen molar-refractivity contribution in [1.29, 1.82) is 0 Å². The summed E-state index contributed by atoms with van der Waals surface area (Å²) in [7, 11) is 0. The van der Waals surface area contributed by atoms with Crippen LogP contribution >= 0.6 is 0 Å². The Hall–Kier alpha value is -3.35. The summed E-state index contributed by atoms with van der Waals surface area (Å²) < 4.78 is 5.60. The smallest absolute Gasteiger partial charge is 0.407 e. The van der Waals surface area contributed by atoms with E-state index < -0.39 is 18.0 Å². The van der Waals surface area contributed by atoms with Crippen LogP contribution in [0.15, 0.2) is 48.5 Å². The fourth-order valence-corrected chi connectivity index (χ4v) is 5.16. The molecule has 1 fully saturated rings. The van der Waals surface area contributed by atoms with Gasteiger partial charge in [-0.15, -0.1) is 0 Å². The fourth-order valence-electron chi connectivity index (χ4n) is 5.16. The van der Waals surface area contributed by atoms with Crippen LogP contribution in [0.1, 0.15) is 62.5 Å². The van der Waals surface area contributed by atoms with Gasteiger partial charge >= 0.3 is 12.1 Å². The Labute approximate surface area is 199 Å². The van der Waals surface area contributed by atoms with E-state index >= 15 is 0 Å². The van der Waals surface area contributed by atoms with Gasteiger partial charge in [-0.25, -0.2) is 4.79 Å². The molecule has 0 saturated heterocycles. The predicted molar refractivity (Wildman–Crippen MR) is 128 cm³/mol. The Morgan fingerprint density at radius 3 is 2.29 bits per heavy atom. The second-order valence-corrected chi connectivity index (χ2v) is 9.25. The largest absolute Gasteiger partial charge is 0.481 e. The summed E-state index contributed by atoms with van der Waals surface area (Å²) >= 11 is 0. The highest BCUT2D eigenvalue weighted by molar-refractivity contribution is 5.80. The highest BCUT2D eigenvalue weighted by Crippen LogP contribution is 2.44. The molecule has 3 atom stereocenters. The Bertz CT molecular complexity index is 1010. The van der Waals surface area contributed by atoms with Crippen molar-refractivity contribution in [2.75, 3.05) is 6.61 Å². The van der Waals surface area contributed by atoms with Crippen LogP contribution in [0.3, 0.4) is 0 Å². The van der Waals surface area contributed by atoms with Crippen LogP contribution < -0.4 is 10.6 Å². The molecule has 180 valence electrons. The van der Waals surface area contributed by atoms with Crippen LogP contribution in [0.25, 0.3) is 11.1 Å². The number of alkyl carbamates (subject to hydrolysis) is 1. The third-order valence-corrected chi connectivity index (χ3v) is 6.98. The minimum absolute atomic E-state index is 0.0185. The number of fused-ring (bicyclic) bond motifs is 3. The van der Waals surface area contributed by atoms with Gasteiger partial charge in [-0.3, -0.25) is 9.59 Å². The van der Waals surface area contributed by atoms with Crippen molar-refractivity contribution in [2.45, 2.75) is 63.5 Å². The number of hydrogen-bond acceptors (Lipinski definition) is 4. The van der Waals surface area contributed by atoms with Crippen LogP contribution in [0, 0.1) is 5.92 Å². The predicted octanol–water partition coefficient (Wildman–Crippen LogP) is 4.45. The zero-order chi connectivity index (χ0) is 24.1. The molecule has 0 spiro atoms. The maximum atomic E-state index is 12.6. The third kappa shape index (κ3) is 5.41. The SMILES string of the molecule is CCC(CC(=O)N[C@H]1CCC[C@@H](C(=O)O)C1)NC(=O)OCC1c2ccccc2-c2ccccc21. The first kappa shape index (κ1) is 23.8. The molecule has 0 aromatic heterocycles. The first-order valence-electron chi connectivity index (χ1n) is 12.1. The van der Waals surface area contributed by atoms with Gasteiger partial charge in [-0.2, -0.15) is 0 Å². The zero-order valence-corrected chi connectivity index (χ0v) is 19.5. The summed E-state index contributed by atoms with van der Waals surface area (Å²) in [5, 5.41) is 15.0. The van der Waals surface area contributed by atoms with Gasteiger partial charge in [0.1, 0.15) is 6.61 Å². The molecular formula is C27H32N2O5. The van der Waals surface area contributed by atoms with Gasteiger partial charge in [0.2, 0.25) is 5.91 Å². The molecule has 2 aliphatic carbocycles. The maximum absolute atomic E-state index is 12.6. The molecule has 2 amide bonds. The van der Waals surface area contributed by atoms with Crippen LogP contribution in [0.2, 0.25) is 0 Å². The quantitative estimate of drug-likeness (QED) is 0.535. The van der Waals surface area contributed by atoms with E-state index in [2.05, 4.69) is 34.9 Å². The number of carboxylic acids is 1. The maximum Gasteiger partial charge on any atom is 0.407 e. The fraction of sp³-hybridized carbons (Fsp3) is 0.444. The number of nitrogens with one attached hydrogen (secondary N) is 2. The minimum atomic E-state index is -0.803. The summed E-state index contributed by atoms with van der Waals surface area (Å²) in [5.74, 6) is -1.40. The van der Waals surface area contributed by atoms with Gasteiger partial charge < -0.3 is 20.5 Å². The molecule has 7 heteroatoms. The van der Waals surface area contributed by atoms with E-state index in [4.69, 9.17) is 4.74 Å². The van der Waals surface area contributed by atoms with Crippen LogP contribution in [0.5, 0.6) is 0 Å². The van der Waals surface area contributed by atoms with Crippen molar-refractivity contribution < 1.29 is 24.2 Å². The van der Waals surface area contributed by atoms with E-state index in [1.165, 1.54) is 11.1 Å². The second kappa shape index (κ2) is 10.7. The molecule has 2 aromatic carbocycles. The molecule has 4 rings (SSSR count). The number of amides is 2. The van der Waals surface area contributed by atoms with E-state index in [0.717, 1.165) is 24.0 Å². The lowest BCUT2D eigenvalue weighted by Crippen LogP contribution is -2.44. The normalized spacial score (nSPS) is 20.0. The van der Waals surface area contributed by atoms with Crippen LogP contribution in [0.4, 0.5) is 4.79 Å². The number of benzene rings is 2. The van der Waals surface area contributed by atoms with Crippen molar-refractivity contribution in [3.05, 3.63) is 59.7 Å². The lowest BCUT2D eigenvalue weighted by molar-refractivity contribution is -0.143. The van der Waals surface area contributed by atoms with Gasteiger partial charge in [0.05, 0.1) is 5.92 Å².